The first-order chi connectivity index (χ1) is 5.11. The normalized spacial score (nSPS) is 32.2. The molecule has 1 saturated heterocycles. The van der Waals surface area contributed by atoms with Crippen LogP contribution in [-0.2, 0) is 0 Å². The van der Waals surface area contributed by atoms with Crippen LogP contribution in [0.25, 0.3) is 0 Å². The maximum absolute atomic E-state index is 3.65. The Labute approximate surface area is 74.3 Å². The van der Waals surface area contributed by atoms with Crippen LogP contribution >= 0.6 is 11.8 Å². The highest BCUT2D eigenvalue weighted by Gasteiger charge is 2.27. The van der Waals surface area contributed by atoms with Crippen LogP contribution in [0.4, 0.5) is 0 Å². The highest BCUT2D eigenvalue weighted by atomic mass is 32.2. The zero-order valence-electron chi connectivity index (χ0n) is 7.92. The summed E-state index contributed by atoms with van der Waals surface area (Å²) in [6.07, 6.45) is 0. The highest BCUT2D eigenvalue weighted by Crippen LogP contribution is 2.27. The van der Waals surface area contributed by atoms with E-state index in [9.17, 15) is 0 Å². The molecule has 0 aliphatic carbocycles. The molecule has 2 heteroatoms. The van der Waals surface area contributed by atoms with Crippen molar-refractivity contribution in [3.05, 3.63) is 0 Å². The molecule has 1 heterocycles. The van der Waals surface area contributed by atoms with Crippen molar-refractivity contribution in [3.63, 3.8) is 0 Å². The zero-order valence-corrected chi connectivity index (χ0v) is 8.74. The van der Waals surface area contributed by atoms with Crippen molar-refractivity contribution in [1.29, 1.82) is 0 Å². The van der Waals surface area contributed by atoms with E-state index in [4.69, 9.17) is 0 Å². The zero-order chi connectivity index (χ0) is 8.43. The molecule has 0 radical (unpaired) electrons. The Morgan fingerprint density at radius 1 is 1.18 bits per heavy atom. The third kappa shape index (κ3) is 2.38. The van der Waals surface area contributed by atoms with Crippen LogP contribution in [0, 0.1) is 11.8 Å². The first kappa shape index (κ1) is 9.40. The Kier molecular flexibility index (Phi) is 3.26. The van der Waals surface area contributed by atoms with E-state index in [2.05, 4.69) is 44.8 Å². The standard InChI is InChI=1S/C9H19NS/c1-6(2)8-5-11-9(10-8)7(3)4/h6-10H,5H2,1-4H3. The summed E-state index contributed by atoms with van der Waals surface area (Å²) in [6.45, 7) is 9.16. The maximum Gasteiger partial charge on any atom is 0.0558 e. The van der Waals surface area contributed by atoms with Gasteiger partial charge in [0.05, 0.1) is 5.37 Å². The Bertz CT molecular complexity index is 109. The van der Waals surface area contributed by atoms with E-state index in [1.165, 1.54) is 5.75 Å². The molecule has 1 rings (SSSR count). The van der Waals surface area contributed by atoms with Crippen molar-refractivity contribution < 1.29 is 0 Å². The van der Waals surface area contributed by atoms with Crippen molar-refractivity contribution in [2.75, 3.05) is 5.75 Å². The van der Waals surface area contributed by atoms with E-state index in [1.807, 2.05) is 0 Å². The Balaban J connectivity index is 2.35. The maximum atomic E-state index is 3.65. The molecule has 1 fully saturated rings. The number of hydrogen-bond acceptors (Lipinski definition) is 2. The topological polar surface area (TPSA) is 12.0 Å². The minimum absolute atomic E-state index is 0.697. The molecular weight excluding hydrogens is 154 g/mol. The fourth-order valence-corrected chi connectivity index (χ4v) is 2.84. The van der Waals surface area contributed by atoms with Crippen molar-refractivity contribution in [2.24, 2.45) is 11.8 Å². The molecule has 0 aromatic carbocycles. The third-order valence-electron chi connectivity index (χ3n) is 2.24. The number of hydrogen-bond donors (Lipinski definition) is 1. The van der Waals surface area contributed by atoms with Crippen LogP contribution < -0.4 is 5.32 Å². The van der Waals surface area contributed by atoms with Crippen molar-refractivity contribution >= 4 is 11.8 Å². The Morgan fingerprint density at radius 3 is 2.09 bits per heavy atom. The molecule has 0 amide bonds. The van der Waals surface area contributed by atoms with E-state index < -0.39 is 0 Å². The summed E-state index contributed by atoms with van der Waals surface area (Å²) in [4.78, 5) is 0. The van der Waals surface area contributed by atoms with E-state index in [0.29, 0.717) is 5.37 Å². The van der Waals surface area contributed by atoms with E-state index in [-0.39, 0.29) is 0 Å². The van der Waals surface area contributed by atoms with Crippen LogP contribution in [0.5, 0.6) is 0 Å². The van der Waals surface area contributed by atoms with Gasteiger partial charge in [0.15, 0.2) is 0 Å². The predicted octanol–water partition coefficient (Wildman–Crippen LogP) is 2.33. The monoisotopic (exact) mass is 173 g/mol. The largest absolute Gasteiger partial charge is 0.301 e. The van der Waals surface area contributed by atoms with Gasteiger partial charge in [-0.25, -0.2) is 0 Å². The minimum atomic E-state index is 0.697. The van der Waals surface area contributed by atoms with Gasteiger partial charge in [0.2, 0.25) is 0 Å². The lowest BCUT2D eigenvalue weighted by Gasteiger charge is -2.18. The summed E-state index contributed by atoms with van der Waals surface area (Å²) < 4.78 is 0. The van der Waals surface area contributed by atoms with Gasteiger partial charge in [-0.2, -0.15) is 0 Å². The molecule has 2 atom stereocenters. The second-order valence-electron chi connectivity index (χ2n) is 4.02. The van der Waals surface area contributed by atoms with Gasteiger partial charge in [0, 0.05) is 11.8 Å². The summed E-state index contributed by atoms with van der Waals surface area (Å²) in [7, 11) is 0. The molecule has 1 aliphatic rings. The second-order valence-corrected chi connectivity index (χ2v) is 5.19. The molecule has 1 nitrogen and oxygen atoms in total. The van der Waals surface area contributed by atoms with Gasteiger partial charge in [0.1, 0.15) is 0 Å². The molecule has 11 heavy (non-hydrogen) atoms. The lowest BCUT2D eigenvalue weighted by molar-refractivity contribution is 0.408. The molecule has 0 aromatic rings. The molecule has 1 aliphatic heterocycles. The third-order valence-corrected chi connectivity index (χ3v) is 3.84. The first-order valence-corrected chi connectivity index (χ1v) is 5.53. The van der Waals surface area contributed by atoms with Crippen LogP contribution in [0.3, 0.4) is 0 Å². The lowest BCUT2D eigenvalue weighted by Crippen LogP contribution is -2.36. The number of thioether (sulfide) groups is 1. The van der Waals surface area contributed by atoms with Crippen molar-refractivity contribution in [1.82, 2.24) is 5.32 Å². The predicted molar refractivity (Wildman–Crippen MR) is 52.8 cm³/mol. The van der Waals surface area contributed by atoms with Gasteiger partial charge in [-0.1, -0.05) is 27.7 Å². The molecule has 0 saturated carbocycles. The quantitative estimate of drug-likeness (QED) is 0.688. The van der Waals surface area contributed by atoms with E-state index >= 15 is 0 Å². The number of rotatable bonds is 2. The minimum Gasteiger partial charge on any atom is -0.301 e. The summed E-state index contributed by atoms with van der Waals surface area (Å²) in [5.74, 6) is 2.84. The second kappa shape index (κ2) is 3.81. The summed E-state index contributed by atoms with van der Waals surface area (Å²) in [5, 5.41) is 4.35. The number of nitrogens with one attached hydrogen (secondary N) is 1. The molecule has 1 N–H and O–H groups in total. The van der Waals surface area contributed by atoms with E-state index in [1.54, 1.807) is 0 Å². The highest BCUT2D eigenvalue weighted by molar-refractivity contribution is 8.00. The fourth-order valence-electron chi connectivity index (χ4n) is 1.28. The molecule has 2 unspecified atom stereocenters. The van der Waals surface area contributed by atoms with Gasteiger partial charge in [0.25, 0.3) is 0 Å². The average molecular weight is 173 g/mol. The van der Waals surface area contributed by atoms with Gasteiger partial charge >= 0.3 is 0 Å². The van der Waals surface area contributed by atoms with Crippen LogP contribution in [-0.4, -0.2) is 17.2 Å². The first-order valence-electron chi connectivity index (χ1n) is 4.49. The molecule has 0 bridgehead atoms. The lowest BCUT2D eigenvalue weighted by atomic mass is 10.1. The van der Waals surface area contributed by atoms with Crippen LogP contribution in [0.15, 0.2) is 0 Å². The molecular formula is C9H19NS. The Morgan fingerprint density at radius 2 is 1.82 bits per heavy atom. The summed E-state index contributed by atoms with van der Waals surface area (Å²) in [6, 6.07) is 0.743. The van der Waals surface area contributed by atoms with Crippen molar-refractivity contribution in [2.45, 2.75) is 39.1 Å². The summed E-state index contributed by atoms with van der Waals surface area (Å²) >= 11 is 2.08. The Hall–Kier alpha value is 0.310. The average Bonchev–Trinajstić information content (AvgIpc) is 2.33. The smallest absolute Gasteiger partial charge is 0.0558 e. The molecule has 0 aromatic heterocycles. The van der Waals surface area contributed by atoms with Gasteiger partial charge in [-0.3, -0.25) is 0 Å². The van der Waals surface area contributed by atoms with Gasteiger partial charge in [-0.05, 0) is 11.8 Å². The van der Waals surface area contributed by atoms with Crippen LogP contribution in [0.1, 0.15) is 27.7 Å². The van der Waals surface area contributed by atoms with Crippen molar-refractivity contribution in [3.8, 4) is 0 Å². The summed E-state index contributed by atoms with van der Waals surface area (Å²) in [5.41, 5.74) is 0. The SMILES string of the molecule is CC(C)C1CSC(C(C)C)N1. The fraction of sp³-hybridized carbons (Fsp3) is 1.00. The van der Waals surface area contributed by atoms with Gasteiger partial charge < -0.3 is 5.32 Å². The molecule has 66 valence electrons. The van der Waals surface area contributed by atoms with Crippen LogP contribution in [0.2, 0.25) is 0 Å². The van der Waals surface area contributed by atoms with E-state index in [0.717, 1.165) is 17.9 Å². The molecule has 0 spiro atoms. The van der Waals surface area contributed by atoms with Gasteiger partial charge in [-0.15, -0.1) is 11.8 Å².